The minimum atomic E-state index is 0.548. The molecule has 1 heterocycles. The Morgan fingerprint density at radius 2 is 0.917 bits per heavy atom. The molecule has 0 saturated heterocycles. The van der Waals surface area contributed by atoms with Crippen LogP contribution in [0.15, 0.2) is 24.8 Å². The molecule has 12 heavy (non-hydrogen) atoms. The first kappa shape index (κ1) is 9.17. The zero-order chi connectivity index (χ0) is 9.14. The molecule has 0 aromatic carbocycles. The molecule has 0 N–H and O–H groups in total. The van der Waals surface area contributed by atoms with Gasteiger partial charge in [-0.1, -0.05) is 0 Å². The fraction of sp³-hybridized carbons (Fsp3) is 0.600. The maximum atomic E-state index is 2.19. The molecule has 0 amide bonds. The minimum absolute atomic E-state index is 0.548. The molecule has 66 valence electrons. The summed E-state index contributed by atoms with van der Waals surface area (Å²) in [4.78, 5) is 0. The first-order valence-electron chi connectivity index (χ1n) is 4.53. The summed E-state index contributed by atoms with van der Waals surface area (Å²) in [6.07, 6.45) is 8.46. The van der Waals surface area contributed by atoms with Crippen molar-refractivity contribution in [3.05, 3.63) is 24.8 Å². The molecule has 1 aromatic rings. The van der Waals surface area contributed by atoms with E-state index in [1.54, 1.807) is 0 Å². The highest BCUT2D eigenvalue weighted by molar-refractivity contribution is 4.55. The molecule has 0 bridgehead atoms. The Morgan fingerprint density at radius 1 is 0.667 bits per heavy atom. The molecule has 0 unspecified atom stereocenters. The van der Waals surface area contributed by atoms with Crippen molar-refractivity contribution in [2.24, 2.45) is 0 Å². The van der Waals surface area contributed by atoms with Gasteiger partial charge < -0.3 is 0 Å². The van der Waals surface area contributed by atoms with Gasteiger partial charge >= 0.3 is 0 Å². The second kappa shape index (κ2) is 3.65. The van der Waals surface area contributed by atoms with Gasteiger partial charge in [0.1, 0.15) is 0 Å². The maximum Gasteiger partial charge on any atom is 0.233 e. The lowest BCUT2D eigenvalue weighted by molar-refractivity contribution is -0.768. The highest BCUT2D eigenvalue weighted by Crippen LogP contribution is 1.91. The monoisotopic (exact) mass is 166 g/mol. The Morgan fingerprint density at radius 3 is 1.08 bits per heavy atom. The summed E-state index contributed by atoms with van der Waals surface area (Å²) in [6, 6.07) is 1.10. The van der Waals surface area contributed by atoms with Crippen LogP contribution in [-0.2, 0) is 0 Å². The zero-order valence-corrected chi connectivity index (χ0v) is 8.36. The third kappa shape index (κ3) is 2.03. The van der Waals surface area contributed by atoms with Gasteiger partial charge in [-0.05, 0) is 27.7 Å². The van der Waals surface area contributed by atoms with Crippen molar-refractivity contribution in [1.82, 2.24) is 0 Å². The SMILES string of the molecule is CC(C)[n+]1cc[n+](C(C)C)cc1. The lowest BCUT2D eigenvalue weighted by Gasteiger charge is -2.00. The molecule has 0 atom stereocenters. The molecule has 0 saturated carbocycles. The molecule has 1 rings (SSSR count). The average Bonchev–Trinajstić information content (AvgIpc) is 2.04. The summed E-state index contributed by atoms with van der Waals surface area (Å²) in [5, 5.41) is 0. The lowest BCUT2D eigenvalue weighted by atomic mass is 10.3. The number of hydrogen-bond donors (Lipinski definition) is 0. The van der Waals surface area contributed by atoms with Crippen LogP contribution in [0.2, 0.25) is 0 Å². The highest BCUT2D eigenvalue weighted by Gasteiger charge is 2.10. The van der Waals surface area contributed by atoms with Crippen LogP contribution in [-0.4, -0.2) is 0 Å². The summed E-state index contributed by atoms with van der Waals surface area (Å²) in [6.45, 7) is 8.72. The van der Waals surface area contributed by atoms with Crippen LogP contribution in [0.1, 0.15) is 39.8 Å². The van der Waals surface area contributed by atoms with Gasteiger partial charge in [0.15, 0.2) is 12.1 Å². The average molecular weight is 166 g/mol. The lowest BCUT2D eigenvalue weighted by Crippen LogP contribution is -2.43. The normalized spacial score (nSPS) is 11.2. The van der Waals surface area contributed by atoms with E-state index in [0.29, 0.717) is 12.1 Å². The first-order valence-corrected chi connectivity index (χ1v) is 4.53. The smallest absolute Gasteiger partial charge is 0.193 e. The fourth-order valence-electron chi connectivity index (χ4n) is 1.10. The van der Waals surface area contributed by atoms with Gasteiger partial charge in [-0.25, -0.2) is 0 Å². The van der Waals surface area contributed by atoms with Crippen LogP contribution < -0.4 is 9.13 Å². The van der Waals surface area contributed by atoms with Gasteiger partial charge in [-0.2, -0.15) is 9.13 Å². The highest BCUT2D eigenvalue weighted by atomic mass is 15.0. The van der Waals surface area contributed by atoms with Crippen molar-refractivity contribution >= 4 is 0 Å². The van der Waals surface area contributed by atoms with Crippen molar-refractivity contribution < 1.29 is 9.13 Å². The molecular weight excluding hydrogens is 148 g/mol. The van der Waals surface area contributed by atoms with Gasteiger partial charge in [0.25, 0.3) is 0 Å². The summed E-state index contributed by atoms with van der Waals surface area (Å²) in [5.74, 6) is 0. The summed E-state index contributed by atoms with van der Waals surface area (Å²) >= 11 is 0. The summed E-state index contributed by atoms with van der Waals surface area (Å²) in [7, 11) is 0. The minimum Gasteiger partial charge on any atom is -0.193 e. The second-order valence-corrected chi connectivity index (χ2v) is 3.68. The standard InChI is InChI=1S/C10H18N2/c1-9(2)11-5-7-12(8-6-11)10(3)4/h5-10H,1-4H3/q+2. The molecule has 2 nitrogen and oxygen atoms in total. The van der Waals surface area contributed by atoms with Gasteiger partial charge in [0, 0.05) is 0 Å². The Hall–Kier alpha value is -0.920. The molecule has 0 radical (unpaired) electrons. The van der Waals surface area contributed by atoms with E-state index >= 15 is 0 Å². The predicted octanol–water partition coefficient (Wildman–Crippen LogP) is 1.42. The van der Waals surface area contributed by atoms with E-state index < -0.39 is 0 Å². The van der Waals surface area contributed by atoms with Crippen LogP contribution in [0.5, 0.6) is 0 Å². The Labute approximate surface area is 74.5 Å². The van der Waals surface area contributed by atoms with E-state index in [2.05, 4.69) is 61.6 Å². The van der Waals surface area contributed by atoms with Crippen LogP contribution in [0.4, 0.5) is 0 Å². The molecule has 1 aromatic heterocycles. The van der Waals surface area contributed by atoms with Crippen LogP contribution in [0.3, 0.4) is 0 Å². The summed E-state index contributed by atoms with van der Waals surface area (Å²) in [5.41, 5.74) is 0. The molecule has 2 heteroatoms. The number of rotatable bonds is 2. The zero-order valence-electron chi connectivity index (χ0n) is 8.36. The van der Waals surface area contributed by atoms with E-state index in [1.165, 1.54) is 0 Å². The van der Waals surface area contributed by atoms with Gasteiger partial charge in [0.05, 0.1) is 0 Å². The van der Waals surface area contributed by atoms with Crippen molar-refractivity contribution in [1.29, 1.82) is 0 Å². The van der Waals surface area contributed by atoms with Crippen molar-refractivity contribution in [3.8, 4) is 0 Å². The number of hydrogen-bond acceptors (Lipinski definition) is 0. The van der Waals surface area contributed by atoms with E-state index in [1.807, 2.05) is 0 Å². The third-order valence-corrected chi connectivity index (χ3v) is 2.01. The first-order chi connectivity index (χ1) is 5.61. The van der Waals surface area contributed by atoms with Crippen LogP contribution in [0.25, 0.3) is 0 Å². The van der Waals surface area contributed by atoms with Crippen molar-refractivity contribution in [2.75, 3.05) is 0 Å². The van der Waals surface area contributed by atoms with Gasteiger partial charge in [0.2, 0.25) is 24.8 Å². The van der Waals surface area contributed by atoms with E-state index in [0.717, 1.165) is 0 Å². The van der Waals surface area contributed by atoms with Crippen molar-refractivity contribution in [2.45, 2.75) is 39.8 Å². The molecule has 0 fully saturated rings. The van der Waals surface area contributed by atoms with E-state index in [4.69, 9.17) is 0 Å². The molecule has 0 aliphatic rings. The Kier molecular flexibility index (Phi) is 2.79. The Bertz CT molecular complexity index is 210. The van der Waals surface area contributed by atoms with E-state index in [9.17, 15) is 0 Å². The van der Waals surface area contributed by atoms with Crippen LogP contribution in [0, 0.1) is 0 Å². The topological polar surface area (TPSA) is 7.76 Å². The quantitative estimate of drug-likeness (QED) is 0.587. The van der Waals surface area contributed by atoms with Gasteiger partial charge in [-0.15, -0.1) is 0 Å². The summed E-state index contributed by atoms with van der Waals surface area (Å²) < 4.78 is 4.39. The number of aromatic nitrogens is 2. The Balaban J connectivity index is 2.86. The molecular formula is C10H18N2+2. The van der Waals surface area contributed by atoms with E-state index in [-0.39, 0.29) is 0 Å². The van der Waals surface area contributed by atoms with Gasteiger partial charge in [-0.3, -0.25) is 0 Å². The van der Waals surface area contributed by atoms with Crippen molar-refractivity contribution in [3.63, 3.8) is 0 Å². The molecule has 0 aliphatic carbocycles. The fourth-order valence-corrected chi connectivity index (χ4v) is 1.10. The molecule has 0 aliphatic heterocycles. The largest absolute Gasteiger partial charge is 0.233 e. The molecule has 0 spiro atoms. The maximum absolute atomic E-state index is 2.19. The third-order valence-electron chi connectivity index (χ3n) is 2.01. The second-order valence-electron chi connectivity index (χ2n) is 3.68. The number of nitrogens with zero attached hydrogens (tertiary/aromatic N) is 2. The predicted molar refractivity (Wildman–Crippen MR) is 47.6 cm³/mol. The van der Waals surface area contributed by atoms with Crippen LogP contribution >= 0.6 is 0 Å².